The summed E-state index contributed by atoms with van der Waals surface area (Å²) in [7, 11) is 0. The molecule has 25 heavy (non-hydrogen) atoms. The van der Waals surface area contributed by atoms with Crippen LogP contribution in [0.3, 0.4) is 0 Å². The maximum absolute atomic E-state index is 13.3. The number of halogens is 4. The Hall–Kier alpha value is -1.47. The quantitative estimate of drug-likeness (QED) is 0.822. The summed E-state index contributed by atoms with van der Waals surface area (Å²) in [5.74, 6) is 0.824. The van der Waals surface area contributed by atoms with Crippen LogP contribution in [0.25, 0.3) is 11.0 Å². The van der Waals surface area contributed by atoms with Crippen LogP contribution in [0, 0.1) is 5.92 Å². The van der Waals surface area contributed by atoms with Crippen LogP contribution in [-0.4, -0.2) is 34.7 Å². The monoisotopic (exact) mass is 373 g/mol. The van der Waals surface area contributed by atoms with E-state index >= 15 is 0 Å². The number of nitrogens with one attached hydrogen (secondary N) is 1. The highest BCUT2D eigenvalue weighted by Crippen LogP contribution is 2.44. The summed E-state index contributed by atoms with van der Waals surface area (Å²) in [6.45, 7) is 6.44. The fraction of sp³-hybridized carbons (Fsp3) is 0.588. The summed E-state index contributed by atoms with van der Waals surface area (Å²) in [5, 5.41) is 7.18. The van der Waals surface area contributed by atoms with E-state index in [1.807, 2.05) is 0 Å². The lowest BCUT2D eigenvalue weighted by molar-refractivity contribution is -0.136. The van der Waals surface area contributed by atoms with Gasteiger partial charge in [-0.25, -0.2) is 0 Å². The molecule has 3 fully saturated rings. The maximum Gasteiger partial charge on any atom is 0.421 e. The Kier molecular flexibility index (Phi) is 3.74. The van der Waals surface area contributed by atoms with E-state index in [1.54, 1.807) is 0 Å². The van der Waals surface area contributed by atoms with Crippen molar-refractivity contribution in [2.24, 2.45) is 5.92 Å². The molecule has 0 spiro atoms. The van der Waals surface area contributed by atoms with E-state index in [4.69, 9.17) is 16.1 Å². The van der Waals surface area contributed by atoms with Gasteiger partial charge in [0.1, 0.15) is 5.56 Å². The van der Waals surface area contributed by atoms with Gasteiger partial charge in [0.25, 0.3) is 0 Å². The number of piperidine rings is 3. The molecule has 4 nitrogen and oxygen atoms in total. The van der Waals surface area contributed by atoms with Gasteiger partial charge in [0.2, 0.25) is 0 Å². The molecule has 0 amide bonds. The molecule has 0 unspecified atom stereocenters. The van der Waals surface area contributed by atoms with E-state index in [0.717, 1.165) is 25.9 Å². The van der Waals surface area contributed by atoms with E-state index in [9.17, 15) is 13.2 Å². The Morgan fingerprint density at radius 3 is 2.56 bits per heavy atom. The molecule has 2 bridgehead atoms. The van der Waals surface area contributed by atoms with Crippen LogP contribution >= 0.6 is 11.6 Å². The minimum Gasteiger partial charge on any atom is -0.362 e. The van der Waals surface area contributed by atoms with Gasteiger partial charge in [-0.2, -0.15) is 13.2 Å². The number of hydrogen-bond donors (Lipinski definition) is 1. The van der Waals surface area contributed by atoms with Gasteiger partial charge in [-0.3, -0.25) is 4.90 Å². The van der Waals surface area contributed by atoms with Crippen molar-refractivity contribution in [1.29, 1.82) is 0 Å². The minimum atomic E-state index is -4.59. The molecule has 8 heteroatoms. The van der Waals surface area contributed by atoms with E-state index in [1.165, 1.54) is 12.1 Å². The van der Waals surface area contributed by atoms with Crippen molar-refractivity contribution in [3.63, 3.8) is 0 Å². The van der Waals surface area contributed by atoms with Gasteiger partial charge in [0, 0.05) is 11.6 Å². The van der Waals surface area contributed by atoms with Crippen molar-refractivity contribution in [3.8, 4) is 0 Å². The Bertz CT molecular complexity index is 809. The molecule has 1 N–H and O–H groups in total. The molecule has 136 valence electrons. The lowest BCUT2D eigenvalue weighted by Crippen LogP contribution is -2.66. The zero-order valence-electron chi connectivity index (χ0n) is 14.0. The zero-order valence-corrected chi connectivity index (χ0v) is 14.7. The molecule has 1 atom stereocenters. The lowest BCUT2D eigenvalue weighted by atomic mass is 9.72. The van der Waals surface area contributed by atoms with Crippen LogP contribution < -0.4 is 5.32 Å². The molecular formula is C17H19ClF3N3O. The second-order valence-corrected chi connectivity index (χ2v) is 7.84. The van der Waals surface area contributed by atoms with Crippen molar-refractivity contribution in [2.75, 3.05) is 18.4 Å². The minimum absolute atomic E-state index is 0.0915. The zero-order chi connectivity index (χ0) is 18.0. The number of hydrogen-bond acceptors (Lipinski definition) is 4. The van der Waals surface area contributed by atoms with Crippen molar-refractivity contribution >= 4 is 28.4 Å². The van der Waals surface area contributed by atoms with E-state index in [0.29, 0.717) is 17.1 Å². The van der Waals surface area contributed by atoms with Gasteiger partial charge in [0.15, 0.2) is 11.4 Å². The predicted molar refractivity (Wildman–Crippen MR) is 89.8 cm³/mol. The molecule has 3 saturated heterocycles. The fourth-order valence-electron chi connectivity index (χ4n) is 4.37. The van der Waals surface area contributed by atoms with Crippen LogP contribution in [0.1, 0.15) is 32.3 Å². The molecule has 0 radical (unpaired) electrons. The van der Waals surface area contributed by atoms with Gasteiger partial charge >= 0.3 is 6.18 Å². The van der Waals surface area contributed by atoms with E-state index < -0.39 is 11.7 Å². The Morgan fingerprint density at radius 1 is 1.28 bits per heavy atom. The Morgan fingerprint density at radius 2 is 1.96 bits per heavy atom. The van der Waals surface area contributed by atoms with Crippen molar-refractivity contribution < 1.29 is 17.7 Å². The molecule has 0 aliphatic carbocycles. The molecule has 1 aromatic carbocycles. The second-order valence-electron chi connectivity index (χ2n) is 7.43. The number of benzene rings is 1. The first-order valence-electron chi connectivity index (χ1n) is 8.36. The number of anilines is 1. The SMILES string of the molecule is CC1(C)[C@H](Nc2noc3c(C(F)(F)F)c(Cl)ccc23)C2CCN1CC2. The largest absolute Gasteiger partial charge is 0.421 e. The molecule has 3 aliphatic rings. The molecular weight excluding hydrogens is 355 g/mol. The first-order valence-corrected chi connectivity index (χ1v) is 8.74. The normalized spacial score (nSPS) is 28.5. The number of alkyl halides is 3. The van der Waals surface area contributed by atoms with Gasteiger partial charge < -0.3 is 9.84 Å². The Balaban J connectivity index is 1.74. The maximum atomic E-state index is 13.3. The summed E-state index contributed by atoms with van der Waals surface area (Å²) in [6.07, 6.45) is -2.44. The molecule has 1 aromatic heterocycles. The number of fused-ring (bicyclic) bond motifs is 4. The number of rotatable bonds is 2. The van der Waals surface area contributed by atoms with Crippen molar-refractivity contribution in [3.05, 3.63) is 22.7 Å². The Labute approximate surface area is 148 Å². The first-order chi connectivity index (χ1) is 11.7. The average Bonchev–Trinajstić information content (AvgIpc) is 2.92. The lowest BCUT2D eigenvalue weighted by Gasteiger charge is -2.56. The number of nitrogens with zero attached hydrogens (tertiary/aromatic N) is 2. The summed E-state index contributed by atoms with van der Waals surface area (Å²) >= 11 is 5.75. The highest BCUT2D eigenvalue weighted by atomic mass is 35.5. The van der Waals surface area contributed by atoms with Gasteiger partial charge in [0.05, 0.1) is 10.4 Å². The standard InChI is InChI=1S/C17H19ClF3N3O/c1-16(2)14(9-5-7-24(16)8-6-9)22-15-10-3-4-11(18)12(17(19,20)21)13(10)25-23-15/h3-4,9,14H,5-8H2,1-2H3,(H,22,23)/t14-/m1/s1. The first kappa shape index (κ1) is 17.0. The third-order valence-corrected chi connectivity index (χ3v) is 6.07. The smallest absolute Gasteiger partial charge is 0.362 e. The summed E-state index contributed by atoms with van der Waals surface area (Å²) in [4.78, 5) is 2.42. The summed E-state index contributed by atoms with van der Waals surface area (Å²) < 4.78 is 44.9. The number of aromatic nitrogens is 1. The fourth-order valence-corrected chi connectivity index (χ4v) is 4.63. The third-order valence-electron chi connectivity index (χ3n) is 5.75. The second kappa shape index (κ2) is 5.51. The highest BCUT2D eigenvalue weighted by molar-refractivity contribution is 6.32. The van der Waals surface area contributed by atoms with Crippen LogP contribution in [0.2, 0.25) is 5.02 Å². The molecule has 2 aromatic rings. The van der Waals surface area contributed by atoms with Gasteiger partial charge in [-0.05, 0) is 57.8 Å². The average molecular weight is 374 g/mol. The topological polar surface area (TPSA) is 41.3 Å². The molecule has 0 saturated carbocycles. The third kappa shape index (κ3) is 2.59. The van der Waals surface area contributed by atoms with E-state index in [2.05, 4.69) is 29.2 Å². The van der Waals surface area contributed by atoms with Crippen molar-refractivity contribution in [2.45, 2.75) is 44.4 Å². The van der Waals surface area contributed by atoms with Gasteiger partial charge in [-0.15, -0.1) is 0 Å². The molecule has 5 rings (SSSR count). The van der Waals surface area contributed by atoms with Crippen LogP contribution in [0.5, 0.6) is 0 Å². The predicted octanol–water partition coefficient (Wildman–Crippen LogP) is 4.78. The molecule has 4 heterocycles. The van der Waals surface area contributed by atoms with Gasteiger partial charge in [-0.1, -0.05) is 16.8 Å². The van der Waals surface area contributed by atoms with Crippen molar-refractivity contribution in [1.82, 2.24) is 10.1 Å². The van der Waals surface area contributed by atoms with Crippen LogP contribution in [0.15, 0.2) is 16.7 Å². The summed E-state index contributed by atoms with van der Waals surface area (Å²) in [5.41, 5.74) is -1.38. The highest BCUT2D eigenvalue weighted by Gasteiger charge is 2.48. The van der Waals surface area contributed by atoms with Crippen LogP contribution in [0.4, 0.5) is 19.0 Å². The summed E-state index contributed by atoms with van der Waals surface area (Å²) in [6, 6.07) is 2.88. The van der Waals surface area contributed by atoms with Crippen LogP contribution in [-0.2, 0) is 6.18 Å². The molecule has 3 aliphatic heterocycles. The van der Waals surface area contributed by atoms with E-state index in [-0.39, 0.29) is 22.2 Å².